The van der Waals surface area contributed by atoms with Gasteiger partial charge in [-0.2, -0.15) is 5.10 Å². The summed E-state index contributed by atoms with van der Waals surface area (Å²) in [6.45, 7) is 3.47. The molecule has 0 aromatic carbocycles. The molecule has 5 nitrogen and oxygen atoms in total. The van der Waals surface area contributed by atoms with Crippen molar-refractivity contribution in [3.05, 3.63) is 21.6 Å². The molecular weight excluding hydrogens is 242 g/mol. The van der Waals surface area contributed by atoms with Gasteiger partial charge in [0.05, 0.1) is 18.5 Å². The lowest BCUT2D eigenvalue weighted by Crippen LogP contribution is -2.28. The standard InChI is InChI=1S/C11H14ClN3O2/c12-9-8(5-13-14-10(9)16)15-3-1-11(6-15)2-4-17-7-11/h5H,1-4,6-7H2,(H,14,16)/t11-/m1/s1. The molecule has 0 amide bonds. The van der Waals surface area contributed by atoms with Gasteiger partial charge in [0.15, 0.2) is 0 Å². The molecule has 0 radical (unpaired) electrons. The first-order valence-corrected chi connectivity index (χ1v) is 6.14. The van der Waals surface area contributed by atoms with Crippen LogP contribution in [0, 0.1) is 5.41 Å². The smallest absolute Gasteiger partial charge is 0.285 e. The Balaban J connectivity index is 1.87. The zero-order valence-corrected chi connectivity index (χ0v) is 10.2. The second-order valence-corrected chi connectivity index (χ2v) is 5.25. The quantitative estimate of drug-likeness (QED) is 0.815. The summed E-state index contributed by atoms with van der Waals surface area (Å²) in [4.78, 5) is 13.5. The molecule has 2 aliphatic heterocycles. The maximum Gasteiger partial charge on any atom is 0.285 e. The Morgan fingerprint density at radius 3 is 3.18 bits per heavy atom. The lowest BCUT2D eigenvalue weighted by molar-refractivity contribution is 0.160. The Bertz CT molecular complexity index is 482. The molecule has 17 heavy (non-hydrogen) atoms. The number of rotatable bonds is 1. The summed E-state index contributed by atoms with van der Waals surface area (Å²) in [5.74, 6) is 0. The summed E-state index contributed by atoms with van der Waals surface area (Å²) < 4.78 is 5.48. The maximum absolute atomic E-state index is 11.4. The van der Waals surface area contributed by atoms with E-state index in [0.29, 0.717) is 0 Å². The van der Waals surface area contributed by atoms with Crippen LogP contribution in [0.15, 0.2) is 11.0 Å². The normalized spacial score (nSPS) is 28.2. The van der Waals surface area contributed by atoms with Gasteiger partial charge in [0.1, 0.15) is 5.02 Å². The highest BCUT2D eigenvalue weighted by Gasteiger charge is 2.41. The van der Waals surface area contributed by atoms with Crippen molar-refractivity contribution >= 4 is 17.3 Å². The van der Waals surface area contributed by atoms with E-state index >= 15 is 0 Å². The maximum atomic E-state index is 11.4. The van der Waals surface area contributed by atoms with Crippen LogP contribution in [0.2, 0.25) is 5.02 Å². The molecule has 3 rings (SSSR count). The summed E-state index contributed by atoms with van der Waals surface area (Å²) in [7, 11) is 0. The molecule has 2 fully saturated rings. The van der Waals surface area contributed by atoms with Crippen LogP contribution in [0.1, 0.15) is 12.8 Å². The number of halogens is 1. The molecule has 0 unspecified atom stereocenters. The molecule has 1 aromatic heterocycles. The number of aromatic nitrogens is 2. The van der Waals surface area contributed by atoms with Crippen LogP contribution in [-0.2, 0) is 4.74 Å². The highest BCUT2D eigenvalue weighted by atomic mass is 35.5. The molecule has 1 aromatic rings. The van der Waals surface area contributed by atoms with Crippen LogP contribution < -0.4 is 10.5 Å². The van der Waals surface area contributed by atoms with E-state index in [-0.39, 0.29) is 16.0 Å². The number of ether oxygens (including phenoxy) is 1. The van der Waals surface area contributed by atoms with E-state index in [1.165, 1.54) is 0 Å². The topological polar surface area (TPSA) is 58.2 Å². The van der Waals surface area contributed by atoms with E-state index in [0.717, 1.165) is 44.8 Å². The number of H-pyrrole nitrogens is 1. The van der Waals surface area contributed by atoms with Crippen molar-refractivity contribution in [2.75, 3.05) is 31.2 Å². The summed E-state index contributed by atoms with van der Waals surface area (Å²) in [5.41, 5.74) is 0.665. The van der Waals surface area contributed by atoms with Crippen LogP contribution in [0.4, 0.5) is 5.69 Å². The SMILES string of the molecule is O=c1[nH]ncc(N2CC[C@@]3(CCOC3)C2)c1Cl. The van der Waals surface area contributed by atoms with Crippen LogP contribution in [0.5, 0.6) is 0 Å². The number of hydrogen-bond donors (Lipinski definition) is 1. The Morgan fingerprint density at radius 2 is 2.41 bits per heavy atom. The first-order valence-electron chi connectivity index (χ1n) is 5.76. The number of hydrogen-bond acceptors (Lipinski definition) is 4. The molecule has 0 bridgehead atoms. The minimum absolute atomic E-state index is 0.232. The summed E-state index contributed by atoms with van der Waals surface area (Å²) >= 11 is 6.01. The van der Waals surface area contributed by atoms with Gasteiger partial charge in [0.25, 0.3) is 5.56 Å². The van der Waals surface area contributed by atoms with Crippen molar-refractivity contribution in [2.45, 2.75) is 12.8 Å². The Labute approximate surface area is 104 Å². The van der Waals surface area contributed by atoms with Crippen molar-refractivity contribution in [1.82, 2.24) is 10.2 Å². The zero-order valence-electron chi connectivity index (χ0n) is 9.41. The fourth-order valence-corrected chi connectivity index (χ4v) is 2.92. The lowest BCUT2D eigenvalue weighted by Gasteiger charge is -2.23. The van der Waals surface area contributed by atoms with Gasteiger partial charge in [-0.05, 0) is 12.8 Å². The van der Waals surface area contributed by atoms with E-state index in [9.17, 15) is 4.79 Å². The molecule has 1 spiro atoms. The van der Waals surface area contributed by atoms with Gasteiger partial charge in [0, 0.05) is 25.1 Å². The summed E-state index contributed by atoms with van der Waals surface area (Å²) in [6.07, 6.45) is 3.81. The van der Waals surface area contributed by atoms with Crippen molar-refractivity contribution < 1.29 is 4.74 Å². The van der Waals surface area contributed by atoms with E-state index < -0.39 is 0 Å². The van der Waals surface area contributed by atoms with E-state index in [2.05, 4.69) is 15.1 Å². The molecule has 2 aliphatic rings. The number of nitrogens with one attached hydrogen (secondary N) is 1. The third-order valence-corrected chi connectivity index (χ3v) is 4.11. The largest absolute Gasteiger partial charge is 0.381 e. The van der Waals surface area contributed by atoms with E-state index in [1.54, 1.807) is 6.20 Å². The second-order valence-electron chi connectivity index (χ2n) is 4.87. The molecule has 92 valence electrons. The highest BCUT2D eigenvalue weighted by molar-refractivity contribution is 6.33. The van der Waals surface area contributed by atoms with E-state index in [4.69, 9.17) is 16.3 Å². The van der Waals surface area contributed by atoms with Gasteiger partial charge >= 0.3 is 0 Å². The molecular formula is C11H14ClN3O2. The van der Waals surface area contributed by atoms with Crippen LogP contribution >= 0.6 is 11.6 Å². The first-order chi connectivity index (χ1) is 8.20. The average Bonchev–Trinajstić information content (AvgIpc) is 2.94. The Morgan fingerprint density at radius 1 is 1.53 bits per heavy atom. The van der Waals surface area contributed by atoms with Crippen molar-refractivity contribution in [2.24, 2.45) is 5.41 Å². The minimum atomic E-state index is -0.326. The molecule has 0 aliphatic carbocycles. The molecule has 0 saturated carbocycles. The monoisotopic (exact) mass is 255 g/mol. The van der Waals surface area contributed by atoms with Crippen LogP contribution in [-0.4, -0.2) is 36.5 Å². The molecule has 1 N–H and O–H groups in total. The van der Waals surface area contributed by atoms with Crippen LogP contribution in [0.25, 0.3) is 0 Å². The summed E-state index contributed by atoms with van der Waals surface area (Å²) in [6, 6.07) is 0. The average molecular weight is 256 g/mol. The molecule has 1 atom stereocenters. The molecule has 6 heteroatoms. The predicted octanol–water partition coefficient (Wildman–Crippen LogP) is 1.04. The van der Waals surface area contributed by atoms with Gasteiger partial charge in [0.2, 0.25) is 0 Å². The molecule has 2 saturated heterocycles. The third-order valence-electron chi connectivity index (χ3n) is 3.74. The number of aromatic amines is 1. The van der Waals surface area contributed by atoms with E-state index in [1.807, 2.05) is 0 Å². The number of anilines is 1. The fraction of sp³-hybridized carbons (Fsp3) is 0.636. The Kier molecular flexibility index (Phi) is 2.60. The summed E-state index contributed by atoms with van der Waals surface area (Å²) in [5, 5.41) is 6.38. The third kappa shape index (κ3) is 1.83. The van der Waals surface area contributed by atoms with Gasteiger partial charge in [-0.15, -0.1) is 0 Å². The highest BCUT2D eigenvalue weighted by Crippen LogP contribution is 2.40. The predicted molar refractivity (Wildman–Crippen MR) is 64.6 cm³/mol. The fourth-order valence-electron chi connectivity index (χ4n) is 2.71. The van der Waals surface area contributed by atoms with Crippen molar-refractivity contribution in [3.8, 4) is 0 Å². The minimum Gasteiger partial charge on any atom is -0.381 e. The first kappa shape index (κ1) is 11.0. The van der Waals surface area contributed by atoms with Gasteiger partial charge in [-0.1, -0.05) is 11.6 Å². The lowest BCUT2D eigenvalue weighted by atomic mass is 9.87. The van der Waals surface area contributed by atoms with Crippen molar-refractivity contribution in [3.63, 3.8) is 0 Å². The van der Waals surface area contributed by atoms with Crippen LogP contribution in [0.3, 0.4) is 0 Å². The number of nitrogens with zero attached hydrogens (tertiary/aromatic N) is 2. The van der Waals surface area contributed by atoms with Gasteiger partial charge in [-0.3, -0.25) is 4.79 Å². The zero-order chi connectivity index (χ0) is 11.9. The van der Waals surface area contributed by atoms with Gasteiger partial charge < -0.3 is 9.64 Å². The second kappa shape index (κ2) is 3.99. The van der Waals surface area contributed by atoms with Crippen molar-refractivity contribution in [1.29, 1.82) is 0 Å². The molecule has 3 heterocycles. The Hall–Kier alpha value is -1.07. The van der Waals surface area contributed by atoms with Gasteiger partial charge in [-0.25, -0.2) is 5.10 Å².